The van der Waals surface area contributed by atoms with Crippen LogP contribution in [0.4, 0.5) is 0 Å². The smallest absolute Gasteiger partial charge is 0.363 e. The van der Waals surface area contributed by atoms with Crippen molar-refractivity contribution in [2.75, 3.05) is 165 Å². The Morgan fingerprint density at radius 3 is 1.01 bits per heavy atom. The van der Waals surface area contributed by atoms with Crippen LogP contribution in [0.25, 0.3) is 0 Å². The number of imide groups is 2. The fourth-order valence-electron chi connectivity index (χ4n) is 14.6. The topological polar surface area (TPSA) is 453 Å². The highest BCUT2D eigenvalue weighted by Crippen LogP contribution is 2.61. The van der Waals surface area contributed by atoms with E-state index >= 15 is 0 Å². The average molecular weight is 1910 g/mol. The van der Waals surface area contributed by atoms with E-state index in [9.17, 15) is 43.5 Å². The molecule has 9 N–H and O–H groups in total. The predicted octanol–water partition coefficient (Wildman–Crippen LogP) is 11.7. The molecule has 4 bridgehead atoms. The summed E-state index contributed by atoms with van der Waals surface area (Å²) in [5, 5.41) is 80.9. The molecule has 12 rings (SSSR count). The lowest BCUT2D eigenvalue weighted by atomic mass is 9.49. The molecule has 4 aliphatic carbocycles. The summed E-state index contributed by atoms with van der Waals surface area (Å²) in [6.45, 7) is 18.7. The number of esters is 2. The second-order valence-corrected chi connectivity index (χ2v) is 32.5. The summed E-state index contributed by atoms with van der Waals surface area (Å²) in [5.41, 5.74) is 4.65. The normalized spacial score (nSPS) is 16.2. The van der Waals surface area contributed by atoms with Crippen LogP contribution in [0.1, 0.15) is 187 Å². The minimum atomic E-state index is -1.67. The first kappa shape index (κ1) is 121. The highest BCUT2D eigenvalue weighted by molar-refractivity contribution is 8.26. The third kappa shape index (κ3) is 48.3. The van der Waals surface area contributed by atoms with Gasteiger partial charge in [0.15, 0.2) is 6.10 Å². The summed E-state index contributed by atoms with van der Waals surface area (Å²) >= 11 is 0. The van der Waals surface area contributed by atoms with Crippen molar-refractivity contribution in [1.82, 2.24) is 10.1 Å². The SMILES string of the molecule is C.C.CC(=O)OCC(CO)OC(C)=O.CC(c1ccccc1)(c1ccccc1)c1ccc(C(=O)ON2C(=O)CCC2=O)cc1.CCCOCCOCCOCCO.CCCOCCOCCOCCO.O=C(O)c1ccc(C(O)(c2ccccc2)c2ccccc2)cc1.O=C1CCC(=O)N1O.O=S(Cl)Cl.OCCC12CC3CC(CC(C3)C1)C2.OCCOCCOCCOCCO. The zero-order valence-corrected chi connectivity index (χ0v) is 76.8. The number of hydrogen-bond acceptors (Lipinski definition) is 29. The molecule has 2 heterocycles. The Hall–Kier alpha value is -8.47. The monoisotopic (exact) mass is 1900 g/mol. The minimum Gasteiger partial charge on any atom is -0.478 e. The number of aliphatic hydroxyl groups is 7. The molecule has 6 fully saturated rings. The Morgan fingerprint density at radius 1 is 0.435 bits per heavy atom. The van der Waals surface area contributed by atoms with Crippen LogP contribution in [0.15, 0.2) is 170 Å². The highest BCUT2D eigenvalue weighted by atomic mass is 36.0. The molecule has 0 radical (unpaired) electrons. The van der Waals surface area contributed by atoms with E-state index in [-0.39, 0.29) is 96.4 Å². The van der Waals surface area contributed by atoms with Crippen molar-refractivity contribution in [2.45, 2.75) is 150 Å². The van der Waals surface area contributed by atoms with Crippen LogP contribution in [0.3, 0.4) is 0 Å². The summed E-state index contributed by atoms with van der Waals surface area (Å²) in [4.78, 5) is 93.0. The van der Waals surface area contributed by atoms with E-state index in [2.05, 4.69) is 75.9 Å². The lowest BCUT2D eigenvalue weighted by Gasteiger charge is -2.57. The van der Waals surface area contributed by atoms with E-state index in [0.717, 1.165) is 78.0 Å². The molecule has 32 nitrogen and oxygen atoms in total. The van der Waals surface area contributed by atoms with Crippen LogP contribution in [-0.4, -0.2) is 279 Å². The lowest BCUT2D eigenvalue weighted by molar-refractivity contribution is -0.173. The maximum Gasteiger partial charge on any atom is 0.363 e. The van der Waals surface area contributed by atoms with Gasteiger partial charge in [0.25, 0.3) is 23.6 Å². The van der Waals surface area contributed by atoms with E-state index < -0.39 is 73.9 Å². The van der Waals surface area contributed by atoms with E-state index in [1.54, 1.807) is 24.3 Å². The number of benzene rings is 6. The molecule has 2 saturated heterocycles. The van der Waals surface area contributed by atoms with E-state index in [1.807, 2.05) is 109 Å². The molecular formula is C96H140Cl2N2O30S. The third-order valence-corrected chi connectivity index (χ3v) is 20.2. The molecule has 0 spiro atoms. The van der Waals surface area contributed by atoms with E-state index in [4.69, 9.17) is 92.6 Å². The molecule has 131 heavy (non-hydrogen) atoms. The van der Waals surface area contributed by atoms with Crippen molar-refractivity contribution in [3.63, 3.8) is 0 Å². The molecule has 1 atom stereocenters. The number of amides is 4. The molecule has 6 aromatic carbocycles. The highest BCUT2D eigenvalue weighted by Gasteiger charge is 2.50. The first-order valence-electron chi connectivity index (χ1n) is 43.1. The van der Waals surface area contributed by atoms with Crippen LogP contribution in [0.2, 0.25) is 0 Å². The molecule has 2 aliphatic heterocycles. The predicted molar refractivity (Wildman–Crippen MR) is 494 cm³/mol. The van der Waals surface area contributed by atoms with Gasteiger partial charge >= 0.3 is 23.9 Å². The largest absolute Gasteiger partial charge is 0.478 e. The van der Waals surface area contributed by atoms with Gasteiger partial charge in [0.1, 0.15) is 12.2 Å². The first-order valence-corrected chi connectivity index (χ1v) is 45.9. The van der Waals surface area contributed by atoms with Gasteiger partial charge < -0.3 is 97.8 Å². The summed E-state index contributed by atoms with van der Waals surface area (Å²) in [6.07, 6.45) is 11.7. The number of carbonyl (C=O) groups excluding carboxylic acids is 7. The zero-order valence-electron chi connectivity index (χ0n) is 74.5. The molecule has 6 aromatic rings. The summed E-state index contributed by atoms with van der Waals surface area (Å²) < 4.78 is 64.0. The van der Waals surface area contributed by atoms with Crippen LogP contribution in [-0.2, 0) is 106 Å². The number of ether oxygens (including phenoxy) is 11. The Morgan fingerprint density at radius 2 is 0.725 bits per heavy atom. The van der Waals surface area contributed by atoms with Gasteiger partial charge in [0.05, 0.1) is 150 Å². The number of aromatic carboxylic acids is 1. The van der Waals surface area contributed by atoms with E-state index in [1.165, 1.54) is 64.5 Å². The molecule has 734 valence electrons. The molecule has 6 aliphatic rings. The maximum atomic E-state index is 12.4. The van der Waals surface area contributed by atoms with Gasteiger partial charge in [0, 0.05) is 86.1 Å². The number of carbonyl (C=O) groups is 8. The number of halogens is 2. The molecule has 35 heteroatoms. The second-order valence-electron chi connectivity index (χ2n) is 30.0. The Kier molecular flexibility index (Phi) is 66.3. The summed E-state index contributed by atoms with van der Waals surface area (Å²) in [7, 11) is 7.36. The summed E-state index contributed by atoms with van der Waals surface area (Å²) in [5.74, 6) is -1.58. The number of hydrogen-bond donors (Lipinski definition) is 9. The Bertz CT molecular complexity index is 3820. The van der Waals surface area contributed by atoms with Crippen molar-refractivity contribution in [3.8, 4) is 0 Å². The van der Waals surface area contributed by atoms with Gasteiger partial charge in [-0.25, -0.2) is 13.8 Å². The molecule has 4 amide bonds. The van der Waals surface area contributed by atoms with Crippen molar-refractivity contribution in [3.05, 3.63) is 214 Å². The minimum absolute atomic E-state index is 0. The third-order valence-electron chi connectivity index (χ3n) is 20.2. The van der Waals surface area contributed by atoms with Gasteiger partial charge in [0.2, 0.25) is 9.23 Å². The number of aliphatic hydroxyl groups excluding tert-OH is 6. The van der Waals surface area contributed by atoms with Crippen LogP contribution in [0.5, 0.6) is 0 Å². The van der Waals surface area contributed by atoms with E-state index in [0.29, 0.717) is 128 Å². The Labute approximate surface area is 782 Å². The standard InChI is InChI=1S/C25H21NO4.C20H16O3.C12H20O.2C9H20O4.C8H18O5.C7H12O5.C4H5NO3.2CH4.Cl2OS/c1-25(19-8-4-2-5-9-19,20-10-6-3-7-11-20)21-14-12-18(13-15-21)24(29)30-26-22(27)16-17-23(26)28;21-19(22)15-11-13-18(14-12-15)20(23,16-7-3-1-4-8-16)17-9-5-2-6-10-17;13-2-1-12-6-9-3-10(7-12)5-11(4-9)8-12;2*1-2-4-11-6-8-13-9-7-12-5-3-10;9-1-3-11-5-7-13-8-6-12-4-2-10;1-5(9)11-4-7(3-8)12-6(2)10;6-3-1-2-4(7)5(3)8;;;1-4(2)3/h2-15H,16-17H2,1H3;1-14,23H,(H,21,22);9-11,13H,1-8H2;2*10H,2-9H2,1H3;9-10H,1-8H2;7-8H,3-4H2,1-2H3;8H,1-2H2;2*1H4;. The van der Waals surface area contributed by atoms with Crippen LogP contribution >= 0.6 is 21.4 Å². The van der Waals surface area contributed by atoms with Crippen molar-refractivity contribution >= 4 is 78.1 Å². The van der Waals surface area contributed by atoms with Gasteiger partial charge in [-0.1, -0.05) is 174 Å². The van der Waals surface area contributed by atoms with Crippen LogP contribution < -0.4 is 0 Å². The number of carboxylic acid groups (broad SMARTS) is 1. The quantitative estimate of drug-likeness (QED) is 0.00428. The average Bonchev–Trinajstić information content (AvgIpc) is 1.58. The van der Waals surface area contributed by atoms with Gasteiger partial charge in [-0.05, 0) is 146 Å². The fraction of sp³-hybridized carbons (Fsp3) is 0.542. The molecular weight excluding hydrogens is 1760 g/mol. The molecule has 1 unspecified atom stereocenters. The summed E-state index contributed by atoms with van der Waals surface area (Å²) in [6, 6.07) is 52.4. The van der Waals surface area contributed by atoms with Gasteiger partial charge in [-0.15, -0.1) is 5.06 Å². The van der Waals surface area contributed by atoms with Crippen molar-refractivity contribution < 1.29 is 146 Å². The van der Waals surface area contributed by atoms with Gasteiger partial charge in [-0.2, -0.15) is 5.06 Å². The maximum absolute atomic E-state index is 12.4. The number of rotatable bonds is 45. The zero-order chi connectivity index (χ0) is 94.9. The molecule has 0 aromatic heterocycles. The fourth-order valence-corrected chi connectivity index (χ4v) is 14.6. The van der Waals surface area contributed by atoms with Crippen molar-refractivity contribution in [2.24, 2.45) is 23.2 Å². The van der Waals surface area contributed by atoms with Crippen molar-refractivity contribution in [1.29, 1.82) is 0 Å². The number of nitrogens with zero attached hydrogens (tertiary/aromatic N) is 2. The molecule has 4 saturated carbocycles. The number of carboxylic acids is 1. The number of hydroxylamine groups is 4. The second kappa shape index (κ2) is 72.1. The lowest BCUT2D eigenvalue weighted by Crippen LogP contribution is -2.46. The first-order chi connectivity index (χ1) is 62.2. The van der Waals surface area contributed by atoms with Gasteiger partial charge in [-0.3, -0.25) is 34.0 Å². The Balaban J connectivity index is 0.000000767. The van der Waals surface area contributed by atoms with Crippen LogP contribution in [0, 0.1) is 23.2 Å².